The van der Waals surface area contributed by atoms with E-state index in [0.717, 1.165) is 0 Å². The van der Waals surface area contributed by atoms with Gasteiger partial charge in [0, 0.05) is 0 Å². The van der Waals surface area contributed by atoms with Crippen LogP contribution in [0.4, 0.5) is 4.39 Å². The minimum absolute atomic E-state index is 0.0208. The first kappa shape index (κ1) is 12.8. The molecule has 0 saturated heterocycles. The molecule has 0 bridgehead atoms. The molecule has 0 aliphatic heterocycles. The summed E-state index contributed by atoms with van der Waals surface area (Å²) in [5.74, 6) is 0.188. The molecule has 0 amide bonds. The van der Waals surface area contributed by atoms with Gasteiger partial charge >= 0.3 is 0 Å². The minimum atomic E-state index is -2.64. The molecule has 2 aromatic carbocycles. The van der Waals surface area contributed by atoms with E-state index < -0.39 is 12.9 Å². The third-order valence-electron chi connectivity index (χ3n) is 3.22. The first-order valence-electron chi connectivity index (χ1n) is 8.24. The van der Waals surface area contributed by atoms with Crippen molar-refractivity contribution in [2.45, 2.75) is 0 Å². The lowest BCUT2D eigenvalue weighted by molar-refractivity contribution is 0.324. The monoisotopic (exact) mass is 324 g/mol. The molecule has 0 saturated carbocycles. The normalized spacial score (nSPS) is 13.1. The zero-order valence-corrected chi connectivity index (χ0v) is 13.1. The van der Waals surface area contributed by atoms with Crippen molar-refractivity contribution in [3.8, 4) is 23.0 Å². The Hall–Kier alpha value is -2.69. The Morgan fingerprint density at radius 2 is 1.48 bits per heavy atom. The molecular weight excluding hydrogens is 299 g/mol. The van der Waals surface area contributed by atoms with E-state index in [4.69, 9.17) is 23.1 Å². The zero-order valence-electron chi connectivity index (χ0n) is 16.1. The molecule has 5 heteroatoms. The fraction of sp³-hybridized carbons (Fsp3) is 0.222. The third kappa shape index (κ3) is 3.74. The van der Waals surface area contributed by atoms with Gasteiger partial charge in [0.05, 0.1) is 32.5 Å². The lowest BCUT2D eigenvalue weighted by atomic mass is 10.1. The van der Waals surface area contributed by atoms with E-state index in [2.05, 4.69) is 0 Å². The number of hydrogen-bond donors (Lipinski definition) is 0. The maximum absolute atomic E-state index is 13.8. The molecule has 0 atom stereocenters. The fourth-order valence-corrected chi connectivity index (χ4v) is 2.10. The van der Waals surface area contributed by atoms with Crippen molar-refractivity contribution < 1.29 is 27.5 Å². The van der Waals surface area contributed by atoms with Gasteiger partial charge in [0.15, 0.2) is 23.1 Å². The van der Waals surface area contributed by atoms with Crippen molar-refractivity contribution >= 4 is 12.2 Å². The summed E-state index contributed by atoms with van der Waals surface area (Å²) in [7, 11) is 1.58. The number of benzene rings is 2. The summed E-state index contributed by atoms with van der Waals surface area (Å²) in [6, 6.07) is 7.70. The fourth-order valence-electron chi connectivity index (χ4n) is 2.10. The van der Waals surface area contributed by atoms with Gasteiger partial charge in [-0.1, -0.05) is 18.2 Å². The van der Waals surface area contributed by atoms with Gasteiger partial charge < -0.3 is 18.9 Å². The highest BCUT2D eigenvalue weighted by Gasteiger charge is 2.12. The topological polar surface area (TPSA) is 36.9 Å². The summed E-state index contributed by atoms with van der Waals surface area (Å²) in [6.45, 7) is 0. The summed E-state index contributed by atoms with van der Waals surface area (Å²) >= 11 is 0. The summed E-state index contributed by atoms with van der Waals surface area (Å²) in [6.07, 6.45) is 3.35. The van der Waals surface area contributed by atoms with Gasteiger partial charge in [0.2, 0.25) is 5.75 Å². The van der Waals surface area contributed by atoms with Crippen LogP contribution in [0.3, 0.4) is 0 Å². The van der Waals surface area contributed by atoms with Crippen LogP contribution in [0.25, 0.3) is 12.2 Å². The highest BCUT2D eigenvalue weighted by Crippen LogP contribution is 2.38. The molecule has 0 aliphatic rings. The van der Waals surface area contributed by atoms with E-state index in [0.29, 0.717) is 16.9 Å². The van der Waals surface area contributed by atoms with Crippen LogP contribution in [0.15, 0.2) is 30.3 Å². The molecule has 0 fully saturated rings. The molecule has 122 valence electrons. The molecule has 0 spiro atoms. The summed E-state index contributed by atoms with van der Waals surface area (Å²) < 4.78 is 55.9. The number of methoxy groups -OCH3 is 4. The van der Waals surface area contributed by atoms with Crippen molar-refractivity contribution in [2.75, 3.05) is 28.4 Å². The Morgan fingerprint density at radius 1 is 0.826 bits per heavy atom. The molecule has 4 nitrogen and oxygen atoms in total. The lowest BCUT2D eigenvalue weighted by Crippen LogP contribution is -1.95. The summed E-state index contributed by atoms with van der Waals surface area (Å²) in [5, 5.41) is 0. The smallest absolute Gasteiger partial charge is 0.203 e. The second-order valence-electron chi connectivity index (χ2n) is 4.58. The number of hydrogen-bond acceptors (Lipinski definition) is 4. The molecule has 0 heterocycles. The predicted molar refractivity (Wildman–Crippen MR) is 88.0 cm³/mol. The SMILES string of the molecule is [3H]C([3H])([3H])Oc1cc(/C=C\c2ccc(OC)c(F)c2)cc(OC)c1OC. The highest BCUT2D eigenvalue weighted by molar-refractivity contribution is 5.73. The molecule has 0 aromatic heterocycles. The Bertz CT molecular complexity index is 804. The molecule has 23 heavy (non-hydrogen) atoms. The van der Waals surface area contributed by atoms with Gasteiger partial charge in [-0.15, -0.1) is 0 Å². The maximum atomic E-state index is 13.8. The molecule has 0 unspecified atom stereocenters. The molecule has 2 aromatic rings. The van der Waals surface area contributed by atoms with Crippen molar-refractivity contribution in [3.05, 3.63) is 47.3 Å². The Morgan fingerprint density at radius 3 is 2.04 bits per heavy atom. The molecule has 2 rings (SSSR count). The van der Waals surface area contributed by atoms with Crippen LogP contribution >= 0.6 is 0 Å². The average Bonchev–Trinajstić information content (AvgIpc) is 2.58. The van der Waals surface area contributed by atoms with Gasteiger partial charge in [-0.3, -0.25) is 0 Å². The second-order valence-corrected chi connectivity index (χ2v) is 4.58. The first-order chi connectivity index (χ1) is 12.3. The van der Waals surface area contributed by atoms with Crippen molar-refractivity contribution in [1.82, 2.24) is 0 Å². The number of rotatable bonds is 6. The van der Waals surface area contributed by atoms with Gasteiger partial charge in [-0.05, 0) is 35.4 Å². The van der Waals surface area contributed by atoms with Crippen LogP contribution in [0.5, 0.6) is 23.0 Å². The molecule has 0 N–H and O–H groups in total. The summed E-state index contributed by atoms with van der Waals surface area (Å²) in [4.78, 5) is 0. The minimum Gasteiger partial charge on any atom is -0.494 e. The maximum Gasteiger partial charge on any atom is 0.203 e. The largest absolute Gasteiger partial charge is 0.494 e. The Kier molecular flexibility index (Phi) is 4.20. The van der Waals surface area contributed by atoms with Crippen LogP contribution < -0.4 is 18.9 Å². The van der Waals surface area contributed by atoms with Crippen LogP contribution in [-0.2, 0) is 0 Å². The Balaban J connectivity index is 2.39. The van der Waals surface area contributed by atoms with E-state index >= 15 is 0 Å². The van der Waals surface area contributed by atoms with Gasteiger partial charge in [0.1, 0.15) is 0 Å². The van der Waals surface area contributed by atoms with E-state index in [1.807, 2.05) is 0 Å². The van der Waals surface area contributed by atoms with E-state index in [-0.39, 0.29) is 17.2 Å². The average molecular weight is 324 g/mol. The van der Waals surface area contributed by atoms with Gasteiger partial charge in [-0.2, -0.15) is 0 Å². The van der Waals surface area contributed by atoms with Crippen molar-refractivity contribution in [2.24, 2.45) is 0 Å². The van der Waals surface area contributed by atoms with Crippen LogP contribution in [0.1, 0.15) is 15.2 Å². The molecular formula is C18H19FO4. The standard InChI is InChI=1S/C18H19FO4/c1-20-15-8-7-12(9-14(15)19)5-6-13-10-16(21-2)18(23-4)17(11-13)22-3/h5-11H,1-4H3/b6-5-/i2T3. The molecule has 0 radical (unpaired) electrons. The summed E-state index contributed by atoms with van der Waals surface area (Å²) in [5.41, 5.74) is 1.20. The second kappa shape index (κ2) is 7.54. The first-order valence-corrected chi connectivity index (χ1v) is 6.74. The molecule has 0 aliphatic carbocycles. The van der Waals surface area contributed by atoms with E-state index in [1.165, 1.54) is 39.5 Å². The Labute approximate surface area is 139 Å². The van der Waals surface area contributed by atoms with Crippen LogP contribution in [0, 0.1) is 5.82 Å². The van der Waals surface area contributed by atoms with E-state index in [1.54, 1.807) is 24.3 Å². The van der Waals surface area contributed by atoms with Gasteiger partial charge in [0.25, 0.3) is 0 Å². The van der Waals surface area contributed by atoms with Crippen molar-refractivity contribution in [1.29, 1.82) is 0 Å². The predicted octanol–water partition coefficient (Wildman–Crippen LogP) is 4.03. The third-order valence-corrected chi connectivity index (χ3v) is 3.22. The highest BCUT2D eigenvalue weighted by atomic mass is 19.1. The quantitative estimate of drug-likeness (QED) is 0.752. The number of halogens is 1. The number of ether oxygens (including phenoxy) is 4. The van der Waals surface area contributed by atoms with Crippen LogP contribution in [-0.4, -0.2) is 28.4 Å². The zero-order chi connectivity index (χ0) is 19.3. The van der Waals surface area contributed by atoms with Gasteiger partial charge in [-0.25, -0.2) is 4.39 Å². The van der Waals surface area contributed by atoms with E-state index in [9.17, 15) is 4.39 Å². The van der Waals surface area contributed by atoms with Crippen LogP contribution in [0.2, 0.25) is 0 Å². The lowest BCUT2D eigenvalue weighted by Gasteiger charge is -2.12. The van der Waals surface area contributed by atoms with Crippen molar-refractivity contribution in [3.63, 3.8) is 0 Å².